The summed E-state index contributed by atoms with van der Waals surface area (Å²) in [6.07, 6.45) is 1.48. The lowest BCUT2D eigenvalue weighted by atomic mass is 10.1. The Hall–Kier alpha value is -1.72. The molecule has 1 amide bonds. The monoisotopic (exact) mass is 323 g/mol. The zero-order valence-corrected chi connectivity index (χ0v) is 14.1. The quantitative estimate of drug-likeness (QED) is 0.910. The normalized spacial score (nSPS) is 13.2. The van der Waals surface area contributed by atoms with Crippen LogP contribution in [0.25, 0.3) is 10.9 Å². The maximum Gasteiger partial charge on any atom is 0.408 e. The molecule has 0 aliphatic carbocycles. The van der Waals surface area contributed by atoms with E-state index in [2.05, 4.69) is 5.32 Å². The molecule has 0 aliphatic rings. The van der Waals surface area contributed by atoms with Crippen molar-refractivity contribution < 1.29 is 9.53 Å². The molecule has 1 atom stereocenters. The van der Waals surface area contributed by atoms with Crippen LogP contribution in [-0.4, -0.2) is 22.8 Å². The Morgan fingerprint density at radius 1 is 1.45 bits per heavy atom. The molecule has 1 heterocycles. The number of hydrogen-bond acceptors (Lipinski definition) is 3. The van der Waals surface area contributed by atoms with Gasteiger partial charge in [0, 0.05) is 41.3 Å². The average Bonchev–Trinajstić information content (AvgIpc) is 2.71. The SMILES string of the molecule is Cn1cc(C(CN)NC(=O)OC(C)(C)C)c2ccc(Cl)cc21. The van der Waals surface area contributed by atoms with Crippen molar-refractivity contribution in [1.82, 2.24) is 9.88 Å². The number of ether oxygens (including phenoxy) is 1. The number of amides is 1. The molecule has 0 fully saturated rings. The number of rotatable bonds is 3. The predicted molar refractivity (Wildman–Crippen MR) is 89.1 cm³/mol. The van der Waals surface area contributed by atoms with Gasteiger partial charge in [-0.2, -0.15) is 0 Å². The number of alkyl carbamates (subject to hydrolysis) is 1. The number of carbonyl (C=O) groups excluding carboxylic acids is 1. The summed E-state index contributed by atoms with van der Waals surface area (Å²) >= 11 is 6.04. The van der Waals surface area contributed by atoms with Gasteiger partial charge < -0.3 is 20.4 Å². The van der Waals surface area contributed by atoms with E-state index in [1.165, 1.54) is 0 Å². The van der Waals surface area contributed by atoms with Crippen LogP contribution in [0.3, 0.4) is 0 Å². The molecule has 1 unspecified atom stereocenters. The number of hydrogen-bond donors (Lipinski definition) is 2. The number of nitrogens with zero attached hydrogens (tertiary/aromatic N) is 1. The summed E-state index contributed by atoms with van der Waals surface area (Å²) in [5, 5.41) is 4.51. The highest BCUT2D eigenvalue weighted by molar-refractivity contribution is 6.31. The van der Waals surface area contributed by atoms with E-state index in [9.17, 15) is 4.79 Å². The van der Waals surface area contributed by atoms with Crippen molar-refractivity contribution in [3.05, 3.63) is 35.0 Å². The third-order valence-electron chi connectivity index (χ3n) is 3.29. The van der Waals surface area contributed by atoms with Gasteiger partial charge in [-0.15, -0.1) is 0 Å². The summed E-state index contributed by atoms with van der Waals surface area (Å²) in [6, 6.07) is 5.34. The number of carbonyl (C=O) groups is 1. The Kier molecular flexibility index (Phi) is 4.68. The summed E-state index contributed by atoms with van der Waals surface area (Å²) in [4.78, 5) is 12.0. The van der Waals surface area contributed by atoms with Crippen LogP contribution in [0, 0.1) is 0 Å². The van der Waals surface area contributed by atoms with E-state index in [0.717, 1.165) is 16.5 Å². The van der Waals surface area contributed by atoms with Gasteiger partial charge in [0.25, 0.3) is 0 Å². The minimum atomic E-state index is -0.546. The predicted octanol–water partition coefficient (Wildman–Crippen LogP) is 3.36. The number of halogens is 1. The highest BCUT2D eigenvalue weighted by Crippen LogP contribution is 2.28. The van der Waals surface area contributed by atoms with E-state index in [0.29, 0.717) is 5.02 Å². The second-order valence-corrected chi connectivity index (χ2v) is 6.73. The number of aryl methyl sites for hydroxylation is 1. The van der Waals surface area contributed by atoms with Crippen LogP contribution in [0.5, 0.6) is 0 Å². The van der Waals surface area contributed by atoms with E-state index in [1.54, 1.807) is 0 Å². The van der Waals surface area contributed by atoms with Gasteiger partial charge in [0.1, 0.15) is 5.60 Å². The summed E-state index contributed by atoms with van der Waals surface area (Å²) in [5.74, 6) is 0. The Balaban J connectivity index is 2.30. The standard InChI is InChI=1S/C16H22ClN3O2/c1-16(2,3)22-15(21)19-13(8-18)12-9-20(4)14-7-10(17)5-6-11(12)14/h5-7,9,13H,8,18H2,1-4H3,(H,19,21). The van der Waals surface area contributed by atoms with E-state index in [4.69, 9.17) is 22.1 Å². The molecule has 6 heteroatoms. The molecule has 0 saturated carbocycles. The van der Waals surface area contributed by atoms with Gasteiger partial charge in [-0.05, 0) is 32.9 Å². The fraction of sp³-hybridized carbons (Fsp3) is 0.438. The molecule has 2 rings (SSSR count). The number of fused-ring (bicyclic) bond motifs is 1. The van der Waals surface area contributed by atoms with Gasteiger partial charge in [0.2, 0.25) is 0 Å². The van der Waals surface area contributed by atoms with Crippen molar-refractivity contribution in [1.29, 1.82) is 0 Å². The molecule has 120 valence electrons. The summed E-state index contributed by atoms with van der Waals surface area (Å²) in [5.41, 5.74) is 7.23. The second-order valence-electron chi connectivity index (χ2n) is 6.29. The van der Waals surface area contributed by atoms with Gasteiger partial charge in [0.05, 0.1) is 6.04 Å². The Bertz CT molecular complexity index is 688. The van der Waals surface area contributed by atoms with Crippen LogP contribution in [0.1, 0.15) is 32.4 Å². The number of benzene rings is 1. The third-order valence-corrected chi connectivity index (χ3v) is 3.52. The maximum absolute atomic E-state index is 12.0. The lowest BCUT2D eigenvalue weighted by molar-refractivity contribution is 0.0505. The summed E-state index contributed by atoms with van der Waals surface area (Å²) in [6.45, 7) is 5.75. The molecule has 1 aromatic carbocycles. The first-order valence-corrected chi connectivity index (χ1v) is 7.53. The number of nitrogens with one attached hydrogen (secondary N) is 1. The molecule has 0 saturated heterocycles. The molecule has 2 aromatic rings. The van der Waals surface area contributed by atoms with Gasteiger partial charge in [-0.1, -0.05) is 17.7 Å². The third kappa shape index (κ3) is 3.72. The van der Waals surface area contributed by atoms with Gasteiger partial charge in [-0.3, -0.25) is 0 Å². The molecule has 3 N–H and O–H groups in total. The Morgan fingerprint density at radius 3 is 2.73 bits per heavy atom. The Morgan fingerprint density at radius 2 is 2.14 bits per heavy atom. The van der Waals surface area contributed by atoms with E-state index >= 15 is 0 Å². The number of aromatic nitrogens is 1. The second kappa shape index (κ2) is 6.18. The molecule has 1 aromatic heterocycles. The van der Waals surface area contributed by atoms with Crippen LogP contribution in [0.4, 0.5) is 4.79 Å². The average molecular weight is 324 g/mol. The molecular formula is C16H22ClN3O2. The molecule has 22 heavy (non-hydrogen) atoms. The zero-order chi connectivity index (χ0) is 16.5. The van der Waals surface area contributed by atoms with Crippen molar-refractivity contribution in [2.45, 2.75) is 32.4 Å². The fourth-order valence-electron chi connectivity index (χ4n) is 2.38. The minimum absolute atomic E-state index is 0.279. The molecule has 0 aliphatic heterocycles. The topological polar surface area (TPSA) is 69.3 Å². The van der Waals surface area contributed by atoms with Gasteiger partial charge >= 0.3 is 6.09 Å². The van der Waals surface area contributed by atoms with Crippen LogP contribution < -0.4 is 11.1 Å². The molecule has 0 radical (unpaired) electrons. The first-order valence-electron chi connectivity index (χ1n) is 7.15. The highest BCUT2D eigenvalue weighted by Gasteiger charge is 2.22. The van der Waals surface area contributed by atoms with Gasteiger partial charge in [0.15, 0.2) is 0 Å². The smallest absolute Gasteiger partial charge is 0.408 e. The van der Waals surface area contributed by atoms with Crippen LogP contribution in [-0.2, 0) is 11.8 Å². The first kappa shape index (κ1) is 16.6. The van der Waals surface area contributed by atoms with E-state index in [-0.39, 0.29) is 12.6 Å². The van der Waals surface area contributed by atoms with Crippen LogP contribution in [0.2, 0.25) is 5.02 Å². The largest absolute Gasteiger partial charge is 0.444 e. The van der Waals surface area contributed by atoms with Crippen molar-refractivity contribution >= 4 is 28.6 Å². The summed E-state index contributed by atoms with van der Waals surface area (Å²) < 4.78 is 7.26. The molecule has 0 bridgehead atoms. The molecule has 5 nitrogen and oxygen atoms in total. The Labute approximate surface area is 135 Å². The van der Waals surface area contributed by atoms with Crippen LogP contribution >= 0.6 is 11.6 Å². The lowest BCUT2D eigenvalue weighted by Crippen LogP contribution is -2.37. The molecule has 0 spiro atoms. The lowest BCUT2D eigenvalue weighted by Gasteiger charge is -2.23. The highest BCUT2D eigenvalue weighted by atomic mass is 35.5. The van der Waals surface area contributed by atoms with Crippen LogP contribution in [0.15, 0.2) is 24.4 Å². The van der Waals surface area contributed by atoms with Gasteiger partial charge in [-0.25, -0.2) is 4.79 Å². The summed E-state index contributed by atoms with van der Waals surface area (Å²) in [7, 11) is 1.93. The van der Waals surface area contributed by atoms with E-state index < -0.39 is 11.7 Å². The molecular weight excluding hydrogens is 302 g/mol. The minimum Gasteiger partial charge on any atom is -0.444 e. The van der Waals surface area contributed by atoms with E-state index in [1.807, 2.05) is 56.8 Å². The first-order chi connectivity index (χ1) is 10.2. The number of nitrogens with two attached hydrogens (primary N) is 1. The van der Waals surface area contributed by atoms with Crippen molar-refractivity contribution in [2.75, 3.05) is 6.54 Å². The van der Waals surface area contributed by atoms with Crippen molar-refractivity contribution in [2.24, 2.45) is 12.8 Å². The fourth-order valence-corrected chi connectivity index (χ4v) is 2.55. The van der Waals surface area contributed by atoms with Crippen molar-refractivity contribution in [3.63, 3.8) is 0 Å². The zero-order valence-electron chi connectivity index (χ0n) is 13.3. The maximum atomic E-state index is 12.0. The van der Waals surface area contributed by atoms with Crippen molar-refractivity contribution in [3.8, 4) is 0 Å².